The number of nitrogens with one attached hydrogen (secondary N) is 1. The summed E-state index contributed by atoms with van der Waals surface area (Å²) in [6.07, 6.45) is 1.28. The summed E-state index contributed by atoms with van der Waals surface area (Å²) in [4.78, 5) is 29.5. The number of ether oxygens (including phenoxy) is 1. The topological polar surface area (TPSA) is 61.9 Å². The number of anilines is 1. The molecule has 0 atom stereocenters. The number of amides is 2. The van der Waals surface area contributed by atoms with Gasteiger partial charge in [0.1, 0.15) is 11.2 Å². The van der Waals surface area contributed by atoms with Crippen LogP contribution in [0.25, 0.3) is 0 Å². The first-order valence-corrected chi connectivity index (χ1v) is 8.57. The average Bonchev–Trinajstić information content (AvgIpc) is 3.39. The van der Waals surface area contributed by atoms with Gasteiger partial charge in [-0.15, -0.1) is 0 Å². The molecule has 3 rings (SSSR count). The molecule has 1 N–H and O–H groups in total. The van der Waals surface area contributed by atoms with Gasteiger partial charge in [0.25, 0.3) is 0 Å². The van der Waals surface area contributed by atoms with Crippen LogP contribution >= 0.6 is 0 Å². The van der Waals surface area contributed by atoms with Crippen molar-refractivity contribution in [3.63, 3.8) is 0 Å². The quantitative estimate of drug-likeness (QED) is 0.832. The lowest BCUT2D eigenvalue weighted by Crippen LogP contribution is -2.51. The van der Waals surface area contributed by atoms with Gasteiger partial charge in [-0.25, -0.2) is 0 Å². The number of piperazine rings is 1. The molecule has 0 radical (unpaired) electrons. The predicted molar refractivity (Wildman–Crippen MR) is 92.0 cm³/mol. The first-order chi connectivity index (χ1) is 11.5. The molecule has 0 unspecified atom stereocenters. The van der Waals surface area contributed by atoms with E-state index in [1.807, 2.05) is 31.0 Å². The molecule has 24 heavy (non-hydrogen) atoms. The van der Waals surface area contributed by atoms with Crippen molar-refractivity contribution in [2.45, 2.75) is 19.8 Å². The Morgan fingerprint density at radius 3 is 2.29 bits per heavy atom. The van der Waals surface area contributed by atoms with E-state index in [1.165, 1.54) is 0 Å². The smallest absolute Gasteiger partial charge is 0.240 e. The van der Waals surface area contributed by atoms with Crippen molar-refractivity contribution in [3.05, 3.63) is 24.3 Å². The molecule has 130 valence electrons. The summed E-state index contributed by atoms with van der Waals surface area (Å²) in [6, 6.07) is 7.25. The van der Waals surface area contributed by atoms with E-state index in [-0.39, 0.29) is 11.8 Å². The van der Waals surface area contributed by atoms with Crippen LogP contribution in [0, 0.1) is 5.41 Å². The Balaban J connectivity index is 1.62. The Hall–Kier alpha value is -2.08. The van der Waals surface area contributed by atoms with Crippen molar-refractivity contribution in [2.75, 3.05) is 45.2 Å². The third-order valence-corrected chi connectivity index (χ3v) is 4.81. The van der Waals surface area contributed by atoms with Crippen molar-refractivity contribution >= 4 is 17.5 Å². The third-order valence-electron chi connectivity index (χ3n) is 4.81. The van der Waals surface area contributed by atoms with E-state index in [1.54, 1.807) is 12.1 Å². The number of likely N-dealkylation sites (N-methyl/N-ethyl adjacent to an activating group) is 1. The second-order valence-corrected chi connectivity index (χ2v) is 6.59. The highest BCUT2D eigenvalue weighted by Crippen LogP contribution is 2.48. The number of hydrogen-bond acceptors (Lipinski definition) is 4. The minimum absolute atomic E-state index is 0.0148. The standard InChI is InChI=1S/C18H25N3O3/c1-3-24-15-6-4-14(5-7-15)19-16(22)18(8-9-18)17(23)21-12-10-20(2)11-13-21/h4-7H,3,8-13H2,1-2H3,(H,19,22). The summed E-state index contributed by atoms with van der Waals surface area (Å²) in [7, 11) is 2.05. The highest BCUT2D eigenvalue weighted by atomic mass is 16.5. The second kappa shape index (κ2) is 6.81. The number of carbonyl (C=O) groups excluding carboxylic acids is 2. The molecule has 2 fully saturated rings. The summed E-state index contributed by atoms with van der Waals surface area (Å²) in [5, 5.41) is 2.89. The summed E-state index contributed by atoms with van der Waals surface area (Å²) in [5.74, 6) is 0.569. The zero-order chi connectivity index (χ0) is 17.2. The Bertz CT molecular complexity index is 602. The molecule has 0 spiro atoms. The molecular formula is C18H25N3O3. The van der Waals surface area contributed by atoms with Crippen LogP contribution in [-0.2, 0) is 9.59 Å². The van der Waals surface area contributed by atoms with Gasteiger partial charge in [-0.2, -0.15) is 0 Å². The van der Waals surface area contributed by atoms with Crippen LogP contribution in [0.3, 0.4) is 0 Å². The van der Waals surface area contributed by atoms with Gasteiger partial charge in [0.05, 0.1) is 6.61 Å². The van der Waals surface area contributed by atoms with E-state index in [2.05, 4.69) is 10.2 Å². The highest BCUT2D eigenvalue weighted by Gasteiger charge is 2.58. The Morgan fingerprint density at radius 2 is 1.75 bits per heavy atom. The molecular weight excluding hydrogens is 306 g/mol. The lowest BCUT2D eigenvalue weighted by molar-refractivity contribution is -0.143. The van der Waals surface area contributed by atoms with E-state index in [4.69, 9.17) is 4.74 Å². The van der Waals surface area contributed by atoms with E-state index in [9.17, 15) is 9.59 Å². The summed E-state index contributed by atoms with van der Waals surface area (Å²) >= 11 is 0. The zero-order valence-corrected chi connectivity index (χ0v) is 14.4. The van der Waals surface area contributed by atoms with Gasteiger partial charge in [-0.3, -0.25) is 9.59 Å². The van der Waals surface area contributed by atoms with Crippen LogP contribution in [0.15, 0.2) is 24.3 Å². The Labute approximate surface area is 142 Å². The number of carbonyl (C=O) groups is 2. The number of benzene rings is 1. The molecule has 1 aromatic carbocycles. The lowest BCUT2D eigenvalue weighted by atomic mass is 10.0. The molecule has 2 aliphatic rings. The van der Waals surface area contributed by atoms with Gasteiger partial charge >= 0.3 is 0 Å². The number of rotatable bonds is 5. The Kier molecular flexibility index (Phi) is 4.76. The van der Waals surface area contributed by atoms with E-state index < -0.39 is 5.41 Å². The van der Waals surface area contributed by atoms with Crippen LogP contribution in [0.5, 0.6) is 5.75 Å². The monoisotopic (exact) mass is 331 g/mol. The van der Waals surface area contributed by atoms with Crippen molar-refractivity contribution in [1.29, 1.82) is 0 Å². The molecule has 0 aromatic heterocycles. The summed E-state index contributed by atoms with van der Waals surface area (Å²) in [6.45, 7) is 5.66. The lowest BCUT2D eigenvalue weighted by Gasteiger charge is -2.34. The maximum absolute atomic E-state index is 12.8. The van der Waals surface area contributed by atoms with Crippen molar-refractivity contribution < 1.29 is 14.3 Å². The van der Waals surface area contributed by atoms with E-state index in [0.29, 0.717) is 38.2 Å². The van der Waals surface area contributed by atoms with Gasteiger partial charge in [-0.05, 0) is 51.1 Å². The van der Waals surface area contributed by atoms with Gasteiger partial charge < -0.3 is 19.9 Å². The maximum Gasteiger partial charge on any atom is 0.240 e. The third kappa shape index (κ3) is 3.38. The fraction of sp³-hybridized carbons (Fsp3) is 0.556. The minimum Gasteiger partial charge on any atom is -0.494 e. The minimum atomic E-state index is -0.853. The van der Waals surface area contributed by atoms with E-state index in [0.717, 1.165) is 18.8 Å². The highest BCUT2D eigenvalue weighted by molar-refractivity contribution is 6.13. The van der Waals surface area contributed by atoms with Crippen molar-refractivity contribution in [3.8, 4) is 5.75 Å². The fourth-order valence-electron chi connectivity index (χ4n) is 3.03. The summed E-state index contributed by atoms with van der Waals surface area (Å²) in [5.41, 5.74) is -0.157. The number of nitrogens with zero attached hydrogens (tertiary/aromatic N) is 2. The normalized spacial score (nSPS) is 19.7. The summed E-state index contributed by atoms with van der Waals surface area (Å²) < 4.78 is 5.39. The van der Waals surface area contributed by atoms with Crippen LogP contribution < -0.4 is 10.1 Å². The van der Waals surface area contributed by atoms with Gasteiger partial charge in [0.15, 0.2) is 0 Å². The van der Waals surface area contributed by atoms with Crippen LogP contribution in [0.2, 0.25) is 0 Å². The molecule has 2 amide bonds. The average molecular weight is 331 g/mol. The molecule has 6 nitrogen and oxygen atoms in total. The Morgan fingerprint density at radius 1 is 1.12 bits per heavy atom. The molecule has 1 aliphatic carbocycles. The maximum atomic E-state index is 12.8. The predicted octanol–water partition coefficient (Wildman–Crippen LogP) is 1.58. The fourth-order valence-corrected chi connectivity index (χ4v) is 3.03. The van der Waals surface area contributed by atoms with Crippen LogP contribution in [0.1, 0.15) is 19.8 Å². The first-order valence-electron chi connectivity index (χ1n) is 8.57. The molecule has 1 aliphatic heterocycles. The molecule has 1 heterocycles. The molecule has 1 saturated heterocycles. The zero-order valence-electron chi connectivity index (χ0n) is 14.4. The largest absolute Gasteiger partial charge is 0.494 e. The number of hydrogen-bond donors (Lipinski definition) is 1. The SMILES string of the molecule is CCOc1ccc(NC(=O)C2(C(=O)N3CCN(C)CC3)CC2)cc1. The van der Waals surface area contributed by atoms with Gasteiger partial charge in [0.2, 0.25) is 11.8 Å². The van der Waals surface area contributed by atoms with Crippen molar-refractivity contribution in [2.24, 2.45) is 5.41 Å². The van der Waals surface area contributed by atoms with Crippen LogP contribution in [0.4, 0.5) is 5.69 Å². The molecule has 1 saturated carbocycles. The van der Waals surface area contributed by atoms with Gasteiger partial charge in [0, 0.05) is 31.9 Å². The second-order valence-electron chi connectivity index (χ2n) is 6.59. The van der Waals surface area contributed by atoms with Crippen LogP contribution in [-0.4, -0.2) is 61.4 Å². The molecule has 1 aromatic rings. The molecule has 0 bridgehead atoms. The molecule has 6 heteroatoms. The van der Waals surface area contributed by atoms with Crippen molar-refractivity contribution in [1.82, 2.24) is 9.80 Å². The first kappa shape index (κ1) is 16.8. The van der Waals surface area contributed by atoms with E-state index >= 15 is 0 Å². The van der Waals surface area contributed by atoms with Gasteiger partial charge in [-0.1, -0.05) is 0 Å².